The minimum atomic E-state index is -3.45. The van der Waals surface area contributed by atoms with Gasteiger partial charge in [0.2, 0.25) is 15.9 Å². The van der Waals surface area contributed by atoms with Crippen molar-refractivity contribution in [2.45, 2.75) is 31.4 Å². The molecule has 0 saturated carbocycles. The van der Waals surface area contributed by atoms with Gasteiger partial charge >= 0.3 is 0 Å². The zero-order valence-corrected chi connectivity index (χ0v) is 14.0. The fraction of sp³-hybridized carbons (Fsp3) is 0.562. The number of hydrogen-bond donors (Lipinski definition) is 0. The molecule has 1 aromatic carbocycles. The SMILES string of the molecule is CS(=O)(=O)N1C[C@@H](Oc2ccccc2)C[C@H]1C(=O)N1CCCC1. The number of rotatable bonds is 4. The number of benzene rings is 1. The number of ether oxygens (including phenoxy) is 1. The average Bonchev–Trinajstić information content (AvgIpc) is 3.16. The predicted molar refractivity (Wildman–Crippen MR) is 86.6 cm³/mol. The summed E-state index contributed by atoms with van der Waals surface area (Å²) in [5.41, 5.74) is 0. The van der Waals surface area contributed by atoms with Gasteiger partial charge in [-0.25, -0.2) is 8.42 Å². The summed E-state index contributed by atoms with van der Waals surface area (Å²) in [6.45, 7) is 1.66. The third-order valence-electron chi connectivity index (χ3n) is 4.39. The van der Waals surface area contributed by atoms with Gasteiger partial charge in [0.05, 0.1) is 12.8 Å². The van der Waals surface area contributed by atoms with Gasteiger partial charge in [-0.15, -0.1) is 0 Å². The molecule has 2 aliphatic rings. The molecule has 2 aliphatic heterocycles. The molecule has 1 aromatic rings. The first-order valence-corrected chi connectivity index (χ1v) is 9.77. The zero-order chi connectivity index (χ0) is 16.4. The number of carbonyl (C=O) groups excluding carboxylic acids is 1. The van der Waals surface area contributed by atoms with E-state index < -0.39 is 16.1 Å². The maximum Gasteiger partial charge on any atom is 0.241 e. The van der Waals surface area contributed by atoms with Crippen LogP contribution in [0.5, 0.6) is 5.75 Å². The Hall–Kier alpha value is -1.60. The summed E-state index contributed by atoms with van der Waals surface area (Å²) < 4.78 is 31.3. The van der Waals surface area contributed by atoms with Crippen LogP contribution in [0, 0.1) is 0 Å². The number of carbonyl (C=O) groups is 1. The van der Waals surface area contributed by atoms with Crippen LogP contribution in [-0.4, -0.2) is 61.6 Å². The number of likely N-dealkylation sites (tertiary alicyclic amines) is 1. The summed E-state index contributed by atoms with van der Waals surface area (Å²) >= 11 is 0. The molecule has 0 unspecified atom stereocenters. The van der Waals surface area contributed by atoms with Crippen LogP contribution in [0.25, 0.3) is 0 Å². The number of hydrogen-bond acceptors (Lipinski definition) is 4. The standard InChI is InChI=1S/C16H22N2O4S/c1-23(20,21)18-12-14(22-13-7-3-2-4-8-13)11-15(18)16(19)17-9-5-6-10-17/h2-4,7-8,14-15H,5-6,9-12H2,1H3/t14-,15-/m0/s1. The molecule has 2 fully saturated rings. The normalized spacial score (nSPS) is 25.7. The van der Waals surface area contributed by atoms with Gasteiger partial charge in [0, 0.05) is 19.5 Å². The summed E-state index contributed by atoms with van der Waals surface area (Å²) in [7, 11) is -3.45. The topological polar surface area (TPSA) is 66.9 Å². The third-order valence-corrected chi connectivity index (χ3v) is 5.65. The Kier molecular flexibility index (Phi) is 4.59. The Morgan fingerprint density at radius 3 is 2.43 bits per heavy atom. The molecule has 0 aliphatic carbocycles. The van der Waals surface area contributed by atoms with Crippen LogP contribution in [0.3, 0.4) is 0 Å². The highest BCUT2D eigenvalue weighted by molar-refractivity contribution is 7.88. The lowest BCUT2D eigenvalue weighted by Gasteiger charge is -2.25. The Bertz CT molecular complexity index is 656. The minimum Gasteiger partial charge on any atom is -0.489 e. The van der Waals surface area contributed by atoms with Crippen LogP contribution in [0.1, 0.15) is 19.3 Å². The lowest BCUT2D eigenvalue weighted by atomic mass is 10.2. The van der Waals surface area contributed by atoms with E-state index in [1.807, 2.05) is 30.3 Å². The Balaban J connectivity index is 1.75. The molecule has 23 heavy (non-hydrogen) atoms. The highest BCUT2D eigenvalue weighted by atomic mass is 32.2. The molecule has 0 bridgehead atoms. The van der Waals surface area contributed by atoms with Gasteiger partial charge in [-0.3, -0.25) is 4.79 Å². The lowest BCUT2D eigenvalue weighted by Crippen LogP contribution is -2.46. The fourth-order valence-electron chi connectivity index (χ4n) is 3.28. The first-order valence-electron chi connectivity index (χ1n) is 7.92. The quantitative estimate of drug-likeness (QED) is 0.824. The van der Waals surface area contributed by atoms with Crippen molar-refractivity contribution in [1.82, 2.24) is 9.21 Å². The minimum absolute atomic E-state index is 0.0907. The van der Waals surface area contributed by atoms with E-state index in [4.69, 9.17) is 4.74 Å². The Morgan fingerprint density at radius 2 is 1.83 bits per heavy atom. The Morgan fingerprint density at radius 1 is 1.17 bits per heavy atom. The fourth-order valence-corrected chi connectivity index (χ4v) is 4.36. The summed E-state index contributed by atoms with van der Waals surface area (Å²) in [5, 5.41) is 0. The molecule has 2 atom stereocenters. The molecule has 0 radical (unpaired) electrons. The number of amides is 1. The summed E-state index contributed by atoms with van der Waals surface area (Å²) in [6.07, 6.45) is 3.23. The van der Waals surface area contributed by atoms with E-state index in [1.165, 1.54) is 4.31 Å². The van der Waals surface area contributed by atoms with Crippen LogP contribution in [0.15, 0.2) is 30.3 Å². The van der Waals surface area contributed by atoms with Crippen LogP contribution in [0.4, 0.5) is 0 Å². The van der Waals surface area contributed by atoms with Crippen LogP contribution < -0.4 is 4.74 Å². The van der Waals surface area contributed by atoms with Gasteiger partial charge in [-0.1, -0.05) is 18.2 Å². The van der Waals surface area contributed by atoms with E-state index >= 15 is 0 Å². The molecule has 0 aromatic heterocycles. The van der Waals surface area contributed by atoms with Crippen molar-refractivity contribution in [3.05, 3.63) is 30.3 Å². The number of para-hydroxylation sites is 1. The predicted octanol–water partition coefficient (Wildman–Crippen LogP) is 1.09. The number of nitrogens with zero attached hydrogens (tertiary/aromatic N) is 2. The molecule has 3 rings (SSSR count). The second-order valence-electron chi connectivity index (χ2n) is 6.17. The van der Waals surface area contributed by atoms with Crippen molar-refractivity contribution < 1.29 is 17.9 Å². The van der Waals surface area contributed by atoms with Crippen molar-refractivity contribution >= 4 is 15.9 Å². The molecular weight excluding hydrogens is 316 g/mol. The zero-order valence-electron chi connectivity index (χ0n) is 13.2. The van der Waals surface area contributed by atoms with E-state index in [0.717, 1.165) is 32.2 Å². The molecule has 6 nitrogen and oxygen atoms in total. The monoisotopic (exact) mass is 338 g/mol. The van der Waals surface area contributed by atoms with E-state index in [9.17, 15) is 13.2 Å². The van der Waals surface area contributed by atoms with Gasteiger partial charge in [0.15, 0.2) is 0 Å². The molecule has 1 amide bonds. The smallest absolute Gasteiger partial charge is 0.241 e. The molecule has 7 heteroatoms. The van der Waals surface area contributed by atoms with Crippen molar-refractivity contribution in [3.63, 3.8) is 0 Å². The molecule has 2 saturated heterocycles. The second kappa shape index (κ2) is 6.49. The first kappa shape index (κ1) is 16.3. The molecule has 0 N–H and O–H groups in total. The van der Waals surface area contributed by atoms with E-state index in [0.29, 0.717) is 12.2 Å². The maximum atomic E-state index is 12.7. The lowest BCUT2D eigenvalue weighted by molar-refractivity contribution is -0.133. The molecule has 0 spiro atoms. The molecule has 126 valence electrons. The average molecular weight is 338 g/mol. The molecule has 2 heterocycles. The van der Waals surface area contributed by atoms with Crippen molar-refractivity contribution in [3.8, 4) is 5.75 Å². The highest BCUT2D eigenvalue weighted by Gasteiger charge is 2.44. The van der Waals surface area contributed by atoms with Gasteiger partial charge < -0.3 is 9.64 Å². The third kappa shape index (κ3) is 3.67. The number of sulfonamides is 1. The molecular formula is C16H22N2O4S. The Labute approximate surface area is 137 Å². The van der Waals surface area contributed by atoms with E-state index in [1.54, 1.807) is 4.90 Å². The highest BCUT2D eigenvalue weighted by Crippen LogP contribution is 2.27. The van der Waals surface area contributed by atoms with Gasteiger partial charge in [0.25, 0.3) is 0 Å². The van der Waals surface area contributed by atoms with E-state index in [2.05, 4.69) is 0 Å². The van der Waals surface area contributed by atoms with Crippen LogP contribution >= 0.6 is 0 Å². The second-order valence-corrected chi connectivity index (χ2v) is 8.10. The van der Waals surface area contributed by atoms with Gasteiger partial charge in [-0.05, 0) is 25.0 Å². The van der Waals surface area contributed by atoms with Gasteiger partial charge in [0.1, 0.15) is 17.9 Å². The summed E-state index contributed by atoms with van der Waals surface area (Å²) in [4.78, 5) is 14.4. The van der Waals surface area contributed by atoms with Crippen LogP contribution in [0.2, 0.25) is 0 Å². The summed E-state index contributed by atoms with van der Waals surface area (Å²) in [6, 6.07) is 8.65. The van der Waals surface area contributed by atoms with E-state index in [-0.39, 0.29) is 18.6 Å². The van der Waals surface area contributed by atoms with Crippen molar-refractivity contribution in [2.75, 3.05) is 25.9 Å². The van der Waals surface area contributed by atoms with Crippen molar-refractivity contribution in [1.29, 1.82) is 0 Å². The maximum absolute atomic E-state index is 12.7. The largest absolute Gasteiger partial charge is 0.489 e. The van der Waals surface area contributed by atoms with Crippen molar-refractivity contribution in [2.24, 2.45) is 0 Å². The van der Waals surface area contributed by atoms with Crippen LogP contribution in [-0.2, 0) is 14.8 Å². The van der Waals surface area contributed by atoms with Gasteiger partial charge in [-0.2, -0.15) is 4.31 Å². The summed E-state index contributed by atoms with van der Waals surface area (Å²) in [5.74, 6) is 0.604. The first-order chi connectivity index (χ1) is 10.9.